The van der Waals surface area contributed by atoms with E-state index in [2.05, 4.69) is 31.9 Å². The van der Waals surface area contributed by atoms with Gasteiger partial charge in [0.05, 0.1) is 12.1 Å². The van der Waals surface area contributed by atoms with Gasteiger partial charge in [-0.2, -0.15) is 0 Å². The summed E-state index contributed by atoms with van der Waals surface area (Å²) < 4.78 is 6.78. The van der Waals surface area contributed by atoms with Crippen molar-refractivity contribution < 1.29 is 9.53 Å². The van der Waals surface area contributed by atoms with Crippen molar-refractivity contribution in [2.75, 3.05) is 7.11 Å². The van der Waals surface area contributed by atoms with Gasteiger partial charge in [0, 0.05) is 20.9 Å². The van der Waals surface area contributed by atoms with Crippen LogP contribution in [0.2, 0.25) is 5.02 Å². The van der Waals surface area contributed by atoms with Crippen LogP contribution in [0.3, 0.4) is 0 Å². The van der Waals surface area contributed by atoms with Crippen LogP contribution in [0.15, 0.2) is 45.3 Å². The van der Waals surface area contributed by atoms with Crippen LogP contribution >= 0.6 is 43.5 Å². The van der Waals surface area contributed by atoms with Gasteiger partial charge in [-0.25, -0.2) is 0 Å². The van der Waals surface area contributed by atoms with Crippen molar-refractivity contribution >= 4 is 49.2 Å². The zero-order valence-electron chi connectivity index (χ0n) is 10.6. The smallest absolute Gasteiger partial charge is 0.167 e. The maximum Gasteiger partial charge on any atom is 0.167 e. The third kappa shape index (κ3) is 3.62. The Balaban J connectivity index is 2.25. The van der Waals surface area contributed by atoms with Gasteiger partial charge in [-0.15, -0.1) is 0 Å². The van der Waals surface area contributed by atoms with Gasteiger partial charge in [0.2, 0.25) is 0 Å². The fourth-order valence-electron chi connectivity index (χ4n) is 1.76. The van der Waals surface area contributed by atoms with Crippen LogP contribution in [0.1, 0.15) is 15.9 Å². The summed E-state index contributed by atoms with van der Waals surface area (Å²) in [5, 5.41) is 0.587. The Hall–Kier alpha value is -0.840. The number of benzene rings is 2. The van der Waals surface area contributed by atoms with Crippen molar-refractivity contribution in [2.24, 2.45) is 0 Å². The minimum atomic E-state index is 0.0244. The summed E-state index contributed by atoms with van der Waals surface area (Å²) in [6.45, 7) is 0. The van der Waals surface area contributed by atoms with E-state index in [-0.39, 0.29) is 5.78 Å². The van der Waals surface area contributed by atoms with Gasteiger partial charge >= 0.3 is 0 Å². The van der Waals surface area contributed by atoms with Crippen LogP contribution in [0.5, 0.6) is 5.75 Å². The summed E-state index contributed by atoms with van der Waals surface area (Å²) in [7, 11) is 1.60. The van der Waals surface area contributed by atoms with Gasteiger partial charge in [-0.05, 0) is 57.9 Å². The Labute approximate surface area is 139 Å². The number of ether oxygens (including phenoxy) is 1. The SMILES string of the molecule is COc1ccc(Br)c(CC(=O)c2ccc(Cl)c(Br)c2)c1. The molecule has 0 unspecified atom stereocenters. The number of hydrogen-bond acceptors (Lipinski definition) is 2. The highest BCUT2D eigenvalue weighted by molar-refractivity contribution is 9.10. The number of halogens is 3. The summed E-state index contributed by atoms with van der Waals surface area (Å²) in [6.07, 6.45) is 0.297. The van der Waals surface area contributed by atoms with Gasteiger partial charge < -0.3 is 4.74 Å². The van der Waals surface area contributed by atoms with E-state index in [1.807, 2.05) is 18.2 Å². The molecule has 0 atom stereocenters. The van der Waals surface area contributed by atoms with E-state index in [0.29, 0.717) is 17.0 Å². The second-order valence-electron chi connectivity index (χ2n) is 4.19. The Morgan fingerprint density at radius 3 is 2.55 bits per heavy atom. The predicted octanol–water partition coefficient (Wildman–Crippen LogP) is 5.30. The Morgan fingerprint density at radius 1 is 1.15 bits per heavy atom. The molecule has 104 valence electrons. The zero-order chi connectivity index (χ0) is 14.7. The maximum atomic E-state index is 12.3. The molecule has 0 aliphatic carbocycles. The largest absolute Gasteiger partial charge is 0.497 e. The highest BCUT2D eigenvalue weighted by Gasteiger charge is 2.12. The third-order valence-electron chi connectivity index (χ3n) is 2.85. The van der Waals surface area contributed by atoms with Crippen LogP contribution < -0.4 is 4.74 Å². The first-order valence-corrected chi connectivity index (χ1v) is 7.78. The molecule has 0 fully saturated rings. The molecule has 0 amide bonds. The molecule has 20 heavy (non-hydrogen) atoms. The van der Waals surface area contributed by atoms with Gasteiger partial charge in [0.1, 0.15) is 5.75 Å². The third-order valence-corrected chi connectivity index (χ3v) is 4.83. The van der Waals surface area contributed by atoms with E-state index in [1.165, 1.54) is 0 Å². The van der Waals surface area contributed by atoms with Gasteiger partial charge in [-0.1, -0.05) is 27.5 Å². The van der Waals surface area contributed by atoms with E-state index < -0.39 is 0 Å². The van der Waals surface area contributed by atoms with Gasteiger partial charge in [0.15, 0.2) is 5.78 Å². The minimum absolute atomic E-state index is 0.0244. The van der Waals surface area contributed by atoms with Crippen molar-refractivity contribution in [1.29, 1.82) is 0 Å². The molecule has 2 nitrogen and oxygen atoms in total. The van der Waals surface area contributed by atoms with Crippen molar-refractivity contribution in [3.63, 3.8) is 0 Å². The average molecular weight is 419 g/mol. The first kappa shape index (κ1) is 15.5. The molecule has 0 aromatic heterocycles. The molecule has 2 rings (SSSR count). The van der Waals surface area contributed by atoms with E-state index in [9.17, 15) is 4.79 Å². The fraction of sp³-hybridized carbons (Fsp3) is 0.133. The lowest BCUT2D eigenvalue weighted by Crippen LogP contribution is -2.04. The lowest BCUT2D eigenvalue weighted by molar-refractivity contribution is 0.0992. The Bertz CT molecular complexity index is 656. The molecule has 2 aromatic carbocycles. The zero-order valence-corrected chi connectivity index (χ0v) is 14.5. The molecule has 0 heterocycles. The molecule has 2 aromatic rings. The molecular weight excluding hydrogens is 407 g/mol. The van der Waals surface area contributed by atoms with Crippen molar-refractivity contribution in [2.45, 2.75) is 6.42 Å². The van der Waals surface area contributed by atoms with Crippen molar-refractivity contribution in [3.05, 3.63) is 61.5 Å². The molecule has 0 saturated carbocycles. The molecule has 5 heteroatoms. The molecule has 0 bridgehead atoms. The van der Waals surface area contributed by atoms with Gasteiger partial charge in [-0.3, -0.25) is 4.79 Å². The quantitative estimate of drug-likeness (QED) is 0.630. The topological polar surface area (TPSA) is 26.3 Å². The first-order valence-electron chi connectivity index (χ1n) is 5.82. The van der Waals surface area contributed by atoms with Crippen LogP contribution in [0.4, 0.5) is 0 Å². The highest BCUT2D eigenvalue weighted by atomic mass is 79.9. The van der Waals surface area contributed by atoms with E-state index in [4.69, 9.17) is 16.3 Å². The maximum absolute atomic E-state index is 12.3. The number of carbonyl (C=O) groups excluding carboxylic acids is 1. The monoisotopic (exact) mass is 416 g/mol. The highest BCUT2D eigenvalue weighted by Crippen LogP contribution is 2.26. The molecule has 0 aliphatic heterocycles. The number of carbonyl (C=O) groups is 1. The number of Topliss-reactive ketones (excluding diaryl/α,β-unsaturated/α-hetero) is 1. The Kier molecular flexibility index (Phi) is 5.24. The Morgan fingerprint density at radius 2 is 1.90 bits per heavy atom. The standard InChI is InChI=1S/C15H11Br2ClO2/c1-20-11-3-4-12(16)10(6-11)8-15(19)9-2-5-14(18)13(17)7-9/h2-7H,8H2,1H3. The molecule has 0 radical (unpaired) electrons. The van der Waals surface area contributed by atoms with Crippen molar-refractivity contribution in [1.82, 2.24) is 0 Å². The lowest BCUT2D eigenvalue weighted by atomic mass is 10.0. The summed E-state index contributed by atoms with van der Waals surface area (Å²) in [6, 6.07) is 10.7. The molecule has 0 spiro atoms. The lowest BCUT2D eigenvalue weighted by Gasteiger charge is -2.07. The second kappa shape index (κ2) is 6.74. The molecule has 0 saturated heterocycles. The normalized spacial score (nSPS) is 10.4. The summed E-state index contributed by atoms with van der Waals surface area (Å²) in [4.78, 5) is 12.3. The summed E-state index contributed by atoms with van der Waals surface area (Å²) >= 11 is 12.7. The summed E-state index contributed by atoms with van der Waals surface area (Å²) in [5.41, 5.74) is 1.51. The fourth-order valence-corrected chi connectivity index (χ4v) is 2.64. The van der Waals surface area contributed by atoms with Crippen LogP contribution in [0, 0.1) is 0 Å². The van der Waals surface area contributed by atoms with Crippen LogP contribution in [-0.4, -0.2) is 12.9 Å². The predicted molar refractivity (Wildman–Crippen MR) is 87.9 cm³/mol. The number of methoxy groups -OCH3 is 1. The minimum Gasteiger partial charge on any atom is -0.497 e. The molecule has 0 aliphatic rings. The van der Waals surface area contributed by atoms with Crippen molar-refractivity contribution in [3.8, 4) is 5.75 Å². The number of rotatable bonds is 4. The van der Waals surface area contributed by atoms with E-state index in [0.717, 1.165) is 20.3 Å². The van der Waals surface area contributed by atoms with Crippen LogP contribution in [-0.2, 0) is 6.42 Å². The van der Waals surface area contributed by atoms with Gasteiger partial charge in [0.25, 0.3) is 0 Å². The van der Waals surface area contributed by atoms with Crippen LogP contribution in [0.25, 0.3) is 0 Å². The molecule has 0 N–H and O–H groups in total. The first-order chi connectivity index (χ1) is 9.51. The summed E-state index contributed by atoms with van der Waals surface area (Å²) in [5.74, 6) is 0.754. The number of hydrogen-bond donors (Lipinski definition) is 0. The number of ketones is 1. The van der Waals surface area contributed by atoms with E-state index in [1.54, 1.807) is 25.3 Å². The average Bonchev–Trinajstić information content (AvgIpc) is 2.44. The van der Waals surface area contributed by atoms with E-state index >= 15 is 0 Å². The second-order valence-corrected chi connectivity index (χ2v) is 6.30. The molecular formula is C15H11Br2ClO2.